The molecule has 2 aromatic carbocycles. The van der Waals surface area contributed by atoms with Crippen molar-refractivity contribution in [1.29, 1.82) is 0 Å². The van der Waals surface area contributed by atoms with Crippen molar-refractivity contribution >= 4 is 6.29 Å². The maximum atomic E-state index is 13.2. The van der Waals surface area contributed by atoms with Gasteiger partial charge in [-0.3, -0.25) is 4.79 Å². The van der Waals surface area contributed by atoms with E-state index in [1.54, 1.807) is 13.2 Å². The monoisotopic (exact) mass is 258 g/mol. The maximum absolute atomic E-state index is 13.2. The normalized spacial score (nSPS) is 10.3. The van der Waals surface area contributed by atoms with Crippen LogP contribution in [0.5, 0.6) is 5.75 Å². The first-order valence-corrected chi connectivity index (χ1v) is 5.97. The lowest BCUT2D eigenvalue weighted by molar-refractivity contribution is 0.112. The van der Waals surface area contributed by atoms with Crippen molar-refractivity contribution in [3.63, 3.8) is 0 Å². The van der Waals surface area contributed by atoms with Crippen LogP contribution in [0.2, 0.25) is 0 Å². The molecule has 3 heteroatoms. The molecule has 0 spiro atoms. The first kappa shape index (κ1) is 13.3. The Kier molecular flexibility index (Phi) is 3.65. The molecule has 19 heavy (non-hydrogen) atoms. The van der Waals surface area contributed by atoms with E-state index in [1.165, 1.54) is 12.1 Å². The van der Waals surface area contributed by atoms with Crippen LogP contribution in [0.25, 0.3) is 11.1 Å². The highest BCUT2D eigenvalue weighted by molar-refractivity contribution is 5.88. The molecule has 2 rings (SSSR count). The van der Waals surface area contributed by atoms with Crippen LogP contribution in [0.3, 0.4) is 0 Å². The quantitative estimate of drug-likeness (QED) is 0.780. The van der Waals surface area contributed by atoms with Crippen molar-refractivity contribution in [3.05, 3.63) is 52.8 Å². The van der Waals surface area contributed by atoms with Gasteiger partial charge in [-0.05, 0) is 60.4 Å². The zero-order chi connectivity index (χ0) is 14.0. The minimum absolute atomic E-state index is 0.354. The molecular weight excluding hydrogens is 243 g/mol. The number of hydrogen-bond acceptors (Lipinski definition) is 2. The minimum Gasteiger partial charge on any atom is -0.496 e. The summed E-state index contributed by atoms with van der Waals surface area (Å²) in [5.74, 6) is 0.393. The van der Waals surface area contributed by atoms with E-state index in [-0.39, 0.29) is 0 Å². The number of carbonyl (C=O) groups is 1. The van der Waals surface area contributed by atoms with Gasteiger partial charge in [0.15, 0.2) is 6.29 Å². The third kappa shape index (κ3) is 2.50. The molecule has 2 aromatic rings. The highest BCUT2D eigenvalue weighted by atomic mass is 19.1. The summed E-state index contributed by atoms with van der Waals surface area (Å²) < 4.78 is 18.4. The lowest BCUT2D eigenvalue weighted by atomic mass is 9.94. The van der Waals surface area contributed by atoms with Gasteiger partial charge in [0.25, 0.3) is 0 Å². The number of aldehydes is 1. The molecule has 0 aliphatic heterocycles. The van der Waals surface area contributed by atoms with E-state index in [4.69, 9.17) is 4.74 Å². The van der Waals surface area contributed by atoms with E-state index in [0.29, 0.717) is 11.8 Å². The summed E-state index contributed by atoms with van der Waals surface area (Å²) in [6, 6.07) is 8.12. The van der Waals surface area contributed by atoms with Gasteiger partial charge in [0, 0.05) is 5.56 Å². The fourth-order valence-corrected chi connectivity index (χ4v) is 2.18. The fraction of sp³-hybridized carbons (Fsp3) is 0.188. The van der Waals surface area contributed by atoms with Crippen molar-refractivity contribution in [2.75, 3.05) is 7.11 Å². The van der Waals surface area contributed by atoms with Crippen LogP contribution in [0.1, 0.15) is 21.5 Å². The summed E-state index contributed by atoms with van der Waals surface area (Å²) in [5, 5.41) is 0. The van der Waals surface area contributed by atoms with Crippen LogP contribution in [0.15, 0.2) is 30.3 Å². The van der Waals surface area contributed by atoms with Crippen LogP contribution < -0.4 is 4.74 Å². The van der Waals surface area contributed by atoms with Gasteiger partial charge in [-0.25, -0.2) is 4.39 Å². The Morgan fingerprint density at radius 3 is 2.42 bits per heavy atom. The number of rotatable bonds is 3. The van der Waals surface area contributed by atoms with Crippen LogP contribution >= 0.6 is 0 Å². The number of methoxy groups -OCH3 is 1. The SMILES string of the molecule is COc1cc(C)c(-c2ccc(F)cc2C=O)cc1C. The smallest absolute Gasteiger partial charge is 0.150 e. The summed E-state index contributed by atoms with van der Waals surface area (Å²) in [4.78, 5) is 11.1. The number of ether oxygens (including phenoxy) is 1. The predicted molar refractivity (Wildman–Crippen MR) is 73.2 cm³/mol. The van der Waals surface area contributed by atoms with E-state index in [1.807, 2.05) is 26.0 Å². The van der Waals surface area contributed by atoms with Gasteiger partial charge in [-0.1, -0.05) is 6.07 Å². The third-order valence-corrected chi connectivity index (χ3v) is 3.17. The maximum Gasteiger partial charge on any atom is 0.150 e. The van der Waals surface area contributed by atoms with Crippen molar-refractivity contribution in [2.45, 2.75) is 13.8 Å². The highest BCUT2D eigenvalue weighted by Crippen LogP contribution is 2.31. The molecule has 0 unspecified atom stereocenters. The molecule has 0 atom stereocenters. The van der Waals surface area contributed by atoms with Gasteiger partial charge in [0.1, 0.15) is 11.6 Å². The largest absolute Gasteiger partial charge is 0.496 e. The molecular formula is C16H15FO2. The molecule has 0 N–H and O–H groups in total. The van der Waals surface area contributed by atoms with Crippen molar-refractivity contribution < 1.29 is 13.9 Å². The molecule has 0 aliphatic carbocycles. The molecule has 0 bridgehead atoms. The molecule has 0 heterocycles. The minimum atomic E-state index is -0.409. The molecule has 0 amide bonds. The predicted octanol–water partition coefficient (Wildman–Crippen LogP) is 3.93. The second-order valence-electron chi connectivity index (χ2n) is 4.49. The highest BCUT2D eigenvalue weighted by Gasteiger charge is 2.11. The molecule has 2 nitrogen and oxygen atoms in total. The average Bonchev–Trinajstić information content (AvgIpc) is 2.41. The van der Waals surface area contributed by atoms with E-state index >= 15 is 0 Å². The van der Waals surface area contributed by atoms with E-state index < -0.39 is 5.82 Å². The first-order chi connectivity index (χ1) is 9.06. The Morgan fingerprint density at radius 2 is 1.79 bits per heavy atom. The molecule has 0 saturated carbocycles. The van der Waals surface area contributed by atoms with E-state index in [2.05, 4.69) is 0 Å². The van der Waals surface area contributed by atoms with Gasteiger partial charge in [-0.2, -0.15) is 0 Å². The Balaban J connectivity index is 2.65. The Hall–Kier alpha value is -2.16. The van der Waals surface area contributed by atoms with Crippen molar-refractivity contribution in [2.24, 2.45) is 0 Å². The van der Waals surface area contributed by atoms with Gasteiger partial charge < -0.3 is 4.74 Å². The number of aryl methyl sites for hydroxylation is 2. The summed E-state index contributed by atoms with van der Waals surface area (Å²) >= 11 is 0. The first-order valence-electron chi connectivity index (χ1n) is 5.97. The second-order valence-corrected chi connectivity index (χ2v) is 4.49. The molecule has 98 valence electrons. The molecule has 0 saturated heterocycles. The van der Waals surface area contributed by atoms with Gasteiger partial charge in [-0.15, -0.1) is 0 Å². The van der Waals surface area contributed by atoms with Gasteiger partial charge in [0.05, 0.1) is 7.11 Å². The summed E-state index contributed by atoms with van der Waals surface area (Å²) in [5.41, 5.74) is 3.97. The van der Waals surface area contributed by atoms with Crippen LogP contribution in [0, 0.1) is 19.7 Å². The van der Waals surface area contributed by atoms with E-state index in [9.17, 15) is 9.18 Å². The standard InChI is InChI=1S/C16H15FO2/c1-10-7-16(19-3)11(2)6-15(10)14-5-4-13(17)8-12(14)9-18/h4-9H,1-3H3. The zero-order valence-corrected chi connectivity index (χ0v) is 11.2. The zero-order valence-electron chi connectivity index (χ0n) is 11.2. The average molecular weight is 258 g/mol. The van der Waals surface area contributed by atoms with Crippen LogP contribution in [-0.2, 0) is 0 Å². The molecule has 0 aromatic heterocycles. The third-order valence-electron chi connectivity index (χ3n) is 3.17. The Bertz CT molecular complexity index is 633. The summed E-state index contributed by atoms with van der Waals surface area (Å²) in [6.07, 6.45) is 0.678. The number of benzene rings is 2. The van der Waals surface area contributed by atoms with Crippen LogP contribution in [0.4, 0.5) is 4.39 Å². The van der Waals surface area contributed by atoms with Crippen LogP contribution in [-0.4, -0.2) is 13.4 Å². The second kappa shape index (κ2) is 5.22. The summed E-state index contributed by atoms with van der Waals surface area (Å²) in [7, 11) is 1.62. The Labute approximate surface area is 111 Å². The van der Waals surface area contributed by atoms with Crippen molar-refractivity contribution in [3.8, 4) is 16.9 Å². The number of halogens is 1. The topological polar surface area (TPSA) is 26.3 Å². The molecule has 0 aliphatic rings. The van der Waals surface area contributed by atoms with Crippen molar-refractivity contribution in [1.82, 2.24) is 0 Å². The number of hydrogen-bond donors (Lipinski definition) is 0. The van der Waals surface area contributed by atoms with Gasteiger partial charge >= 0.3 is 0 Å². The Morgan fingerprint density at radius 1 is 1.05 bits per heavy atom. The molecule has 0 fully saturated rings. The van der Waals surface area contributed by atoms with E-state index in [0.717, 1.165) is 28.0 Å². The lowest BCUT2D eigenvalue weighted by Crippen LogP contribution is -1.95. The lowest BCUT2D eigenvalue weighted by Gasteiger charge is -2.13. The summed E-state index contributed by atoms with van der Waals surface area (Å²) in [6.45, 7) is 3.88. The fourth-order valence-electron chi connectivity index (χ4n) is 2.18. The number of carbonyl (C=O) groups excluding carboxylic acids is 1. The van der Waals surface area contributed by atoms with Gasteiger partial charge in [0.2, 0.25) is 0 Å². The molecule has 0 radical (unpaired) electrons.